The van der Waals surface area contributed by atoms with Crippen LogP contribution in [0.5, 0.6) is 0 Å². The van der Waals surface area contributed by atoms with Gasteiger partial charge in [0.25, 0.3) is 0 Å². The molecule has 18 heavy (non-hydrogen) atoms. The lowest BCUT2D eigenvalue weighted by atomic mass is 10.2. The Kier molecular flexibility index (Phi) is 6.46. The number of carbonyl (C=O) groups is 1. The Morgan fingerprint density at radius 2 is 2.11 bits per heavy atom. The molecule has 4 nitrogen and oxygen atoms in total. The van der Waals surface area contributed by atoms with Crippen molar-refractivity contribution in [2.24, 2.45) is 0 Å². The van der Waals surface area contributed by atoms with Crippen molar-refractivity contribution in [3.05, 3.63) is 33.3 Å². The van der Waals surface area contributed by atoms with Gasteiger partial charge in [0.1, 0.15) is 0 Å². The van der Waals surface area contributed by atoms with E-state index in [4.69, 9.17) is 11.6 Å². The van der Waals surface area contributed by atoms with Gasteiger partial charge in [-0.05, 0) is 17.7 Å². The summed E-state index contributed by atoms with van der Waals surface area (Å²) in [6.07, 6.45) is 0. The number of amides is 2. The van der Waals surface area contributed by atoms with Crippen LogP contribution in [0.15, 0.2) is 22.7 Å². The molecular formula is C12H17BrClN3O. The van der Waals surface area contributed by atoms with Gasteiger partial charge in [-0.15, -0.1) is 0 Å². The lowest BCUT2D eigenvalue weighted by Crippen LogP contribution is -2.38. The molecule has 0 heterocycles. The van der Waals surface area contributed by atoms with Gasteiger partial charge in [0, 0.05) is 43.2 Å². The number of nitrogens with zero attached hydrogens (tertiary/aromatic N) is 1. The van der Waals surface area contributed by atoms with E-state index in [0.717, 1.165) is 15.1 Å². The molecule has 1 aromatic carbocycles. The summed E-state index contributed by atoms with van der Waals surface area (Å²) in [4.78, 5) is 12.7. The summed E-state index contributed by atoms with van der Waals surface area (Å²) < 4.78 is 0.967. The Hall–Kier alpha value is -0.780. The summed E-state index contributed by atoms with van der Waals surface area (Å²) in [7, 11) is 3.43. The highest BCUT2D eigenvalue weighted by Crippen LogP contribution is 2.20. The van der Waals surface area contributed by atoms with Gasteiger partial charge in [-0.25, -0.2) is 4.79 Å². The quantitative estimate of drug-likeness (QED) is 0.813. The van der Waals surface area contributed by atoms with E-state index in [2.05, 4.69) is 26.6 Å². The van der Waals surface area contributed by atoms with E-state index in [1.807, 2.05) is 18.2 Å². The maximum Gasteiger partial charge on any atom is 0.316 e. The standard InChI is InChI=1S/C12H17BrClN3O/c1-17(2)12(18)16-6-5-15-8-9-3-4-10(13)7-11(9)14/h3-4,7,15H,5-6,8H2,1-2H3,(H,16,18). The van der Waals surface area contributed by atoms with E-state index in [-0.39, 0.29) is 6.03 Å². The third-order valence-electron chi connectivity index (χ3n) is 2.31. The zero-order chi connectivity index (χ0) is 13.5. The molecule has 0 saturated heterocycles. The van der Waals surface area contributed by atoms with E-state index >= 15 is 0 Å². The van der Waals surface area contributed by atoms with Gasteiger partial charge < -0.3 is 15.5 Å². The van der Waals surface area contributed by atoms with Crippen LogP contribution in [-0.2, 0) is 6.54 Å². The van der Waals surface area contributed by atoms with Crippen LogP contribution in [0.4, 0.5) is 4.79 Å². The number of benzene rings is 1. The van der Waals surface area contributed by atoms with E-state index in [0.29, 0.717) is 19.6 Å². The molecule has 0 aliphatic rings. The highest BCUT2D eigenvalue weighted by atomic mass is 79.9. The third-order valence-corrected chi connectivity index (χ3v) is 3.16. The Morgan fingerprint density at radius 3 is 2.72 bits per heavy atom. The molecule has 0 bridgehead atoms. The Labute approximate surface area is 121 Å². The van der Waals surface area contributed by atoms with Crippen molar-refractivity contribution in [2.75, 3.05) is 27.2 Å². The maximum atomic E-state index is 11.2. The molecule has 2 amide bonds. The van der Waals surface area contributed by atoms with Crippen molar-refractivity contribution in [3.8, 4) is 0 Å². The van der Waals surface area contributed by atoms with Crippen LogP contribution >= 0.6 is 27.5 Å². The normalized spacial score (nSPS) is 10.2. The molecule has 0 aliphatic heterocycles. The smallest absolute Gasteiger partial charge is 0.316 e. The first kappa shape index (κ1) is 15.3. The lowest BCUT2D eigenvalue weighted by Gasteiger charge is -2.12. The van der Waals surface area contributed by atoms with Gasteiger partial charge in [-0.2, -0.15) is 0 Å². The summed E-state index contributed by atoms with van der Waals surface area (Å²) in [6.45, 7) is 1.97. The first-order valence-corrected chi connectivity index (χ1v) is 6.77. The summed E-state index contributed by atoms with van der Waals surface area (Å²) in [5.74, 6) is 0. The summed E-state index contributed by atoms with van der Waals surface area (Å²) in [6, 6.07) is 5.71. The number of hydrogen-bond donors (Lipinski definition) is 2. The second kappa shape index (κ2) is 7.61. The predicted octanol–water partition coefficient (Wildman–Crippen LogP) is 2.46. The second-order valence-corrected chi connectivity index (χ2v) is 5.36. The van der Waals surface area contributed by atoms with Crippen LogP contribution in [0.3, 0.4) is 0 Å². The highest BCUT2D eigenvalue weighted by molar-refractivity contribution is 9.10. The number of rotatable bonds is 5. The van der Waals surface area contributed by atoms with Crippen molar-refractivity contribution in [3.63, 3.8) is 0 Å². The van der Waals surface area contributed by atoms with E-state index < -0.39 is 0 Å². The fourth-order valence-corrected chi connectivity index (χ4v) is 2.04. The molecule has 0 fully saturated rings. The topological polar surface area (TPSA) is 44.4 Å². The molecule has 0 radical (unpaired) electrons. The monoisotopic (exact) mass is 333 g/mol. The average Bonchev–Trinajstić information content (AvgIpc) is 2.30. The SMILES string of the molecule is CN(C)C(=O)NCCNCc1ccc(Br)cc1Cl. The van der Waals surface area contributed by atoms with E-state index in [1.165, 1.54) is 4.90 Å². The molecule has 1 aromatic rings. The molecule has 0 saturated carbocycles. The van der Waals surface area contributed by atoms with Crippen molar-refractivity contribution < 1.29 is 4.79 Å². The van der Waals surface area contributed by atoms with Crippen molar-refractivity contribution in [2.45, 2.75) is 6.54 Å². The van der Waals surface area contributed by atoms with Gasteiger partial charge in [0.15, 0.2) is 0 Å². The largest absolute Gasteiger partial charge is 0.337 e. The second-order valence-electron chi connectivity index (χ2n) is 4.04. The molecule has 1 rings (SSSR count). The zero-order valence-corrected chi connectivity index (χ0v) is 12.8. The van der Waals surface area contributed by atoms with Crippen LogP contribution in [0.25, 0.3) is 0 Å². The molecule has 0 aromatic heterocycles. The van der Waals surface area contributed by atoms with Crippen LogP contribution in [0.2, 0.25) is 5.02 Å². The van der Waals surface area contributed by atoms with Gasteiger partial charge in [-0.1, -0.05) is 33.6 Å². The molecule has 2 N–H and O–H groups in total. The first-order valence-electron chi connectivity index (χ1n) is 5.60. The molecule has 0 spiro atoms. The lowest BCUT2D eigenvalue weighted by molar-refractivity contribution is 0.217. The minimum Gasteiger partial charge on any atom is -0.337 e. The molecule has 100 valence electrons. The minimum atomic E-state index is -0.0847. The van der Waals surface area contributed by atoms with Crippen LogP contribution in [-0.4, -0.2) is 38.1 Å². The minimum absolute atomic E-state index is 0.0847. The number of hydrogen-bond acceptors (Lipinski definition) is 2. The van der Waals surface area contributed by atoms with E-state index in [1.54, 1.807) is 14.1 Å². The predicted molar refractivity (Wildman–Crippen MR) is 77.9 cm³/mol. The highest BCUT2D eigenvalue weighted by Gasteiger charge is 2.02. The Bertz CT molecular complexity index is 412. The number of urea groups is 1. The Morgan fingerprint density at radius 1 is 1.39 bits per heavy atom. The molecule has 6 heteroatoms. The molecule has 0 unspecified atom stereocenters. The summed E-state index contributed by atoms with van der Waals surface area (Å²) in [5, 5.41) is 6.73. The van der Waals surface area contributed by atoms with Gasteiger partial charge in [-0.3, -0.25) is 0 Å². The zero-order valence-electron chi connectivity index (χ0n) is 10.5. The Balaban J connectivity index is 2.24. The fourth-order valence-electron chi connectivity index (χ4n) is 1.30. The number of halogens is 2. The van der Waals surface area contributed by atoms with Crippen molar-refractivity contribution in [1.82, 2.24) is 15.5 Å². The molecular weight excluding hydrogens is 318 g/mol. The fraction of sp³-hybridized carbons (Fsp3) is 0.417. The first-order chi connectivity index (χ1) is 8.50. The molecule has 0 aliphatic carbocycles. The summed E-state index contributed by atoms with van der Waals surface area (Å²) >= 11 is 9.45. The van der Waals surface area contributed by atoms with Crippen LogP contribution in [0.1, 0.15) is 5.56 Å². The summed E-state index contributed by atoms with van der Waals surface area (Å²) in [5.41, 5.74) is 1.04. The van der Waals surface area contributed by atoms with Crippen LogP contribution in [0, 0.1) is 0 Å². The number of nitrogens with one attached hydrogen (secondary N) is 2. The van der Waals surface area contributed by atoms with Gasteiger partial charge >= 0.3 is 6.03 Å². The average molecular weight is 335 g/mol. The van der Waals surface area contributed by atoms with E-state index in [9.17, 15) is 4.79 Å². The third kappa shape index (κ3) is 5.25. The van der Waals surface area contributed by atoms with Gasteiger partial charge in [0.2, 0.25) is 0 Å². The molecule has 0 atom stereocenters. The van der Waals surface area contributed by atoms with Crippen LogP contribution < -0.4 is 10.6 Å². The maximum absolute atomic E-state index is 11.2. The van der Waals surface area contributed by atoms with Crippen molar-refractivity contribution >= 4 is 33.6 Å². The van der Waals surface area contributed by atoms with Gasteiger partial charge in [0.05, 0.1) is 0 Å². The van der Waals surface area contributed by atoms with Crippen molar-refractivity contribution in [1.29, 1.82) is 0 Å². The number of carbonyl (C=O) groups excluding carboxylic acids is 1.